The average molecular weight is 397 g/mol. The molecule has 2 aromatic rings. The Bertz CT molecular complexity index is 662. The minimum Gasteiger partial charge on any atom is -0.444 e. The van der Waals surface area contributed by atoms with Gasteiger partial charge in [-0.2, -0.15) is 0 Å². The van der Waals surface area contributed by atoms with Crippen molar-refractivity contribution in [2.24, 2.45) is 0 Å². The summed E-state index contributed by atoms with van der Waals surface area (Å²) in [7, 11) is 0. The van der Waals surface area contributed by atoms with Crippen molar-refractivity contribution in [3.05, 3.63) is 45.1 Å². The minimum atomic E-state index is -0.504. The molecule has 23 heavy (non-hydrogen) atoms. The Morgan fingerprint density at radius 2 is 1.74 bits per heavy atom. The summed E-state index contributed by atoms with van der Waals surface area (Å²) in [4.78, 5) is 13.0. The Hall–Kier alpha value is -1.53. The molecular weight excluding hydrogens is 376 g/mol. The number of nitrogens with one attached hydrogen (secondary N) is 2. The molecule has 0 fully saturated rings. The highest BCUT2D eigenvalue weighted by atomic mass is 79.9. The highest BCUT2D eigenvalue weighted by molar-refractivity contribution is 9.11. The van der Waals surface area contributed by atoms with Gasteiger partial charge in [0.25, 0.3) is 0 Å². The molecule has 2 N–H and O–H groups in total. The quantitative estimate of drug-likeness (QED) is 0.662. The van der Waals surface area contributed by atoms with Crippen LogP contribution in [0.15, 0.2) is 40.2 Å². The van der Waals surface area contributed by atoms with Crippen LogP contribution in [0.25, 0.3) is 0 Å². The van der Waals surface area contributed by atoms with E-state index in [1.807, 2.05) is 51.1 Å². The summed E-state index contributed by atoms with van der Waals surface area (Å²) < 4.78 is 6.35. The summed E-state index contributed by atoms with van der Waals surface area (Å²) >= 11 is 5.19. The Balaban J connectivity index is 1.93. The molecule has 0 radical (unpaired) electrons. The number of rotatable bonds is 4. The van der Waals surface area contributed by atoms with Gasteiger partial charge >= 0.3 is 6.09 Å². The van der Waals surface area contributed by atoms with Crippen LogP contribution in [-0.2, 0) is 4.74 Å². The average Bonchev–Trinajstić information content (AvgIpc) is 2.85. The molecule has 0 aliphatic rings. The molecule has 1 amide bonds. The number of hydrogen-bond donors (Lipinski definition) is 2. The Kier molecular flexibility index (Phi) is 5.70. The van der Waals surface area contributed by atoms with Crippen LogP contribution in [0.5, 0.6) is 0 Å². The van der Waals surface area contributed by atoms with Crippen LogP contribution in [0.1, 0.15) is 38.6 Å². The van der Waals surface area contributed by atoms with Crippen LogP contribution in [0.2, 0.25) is 0 Å². The number of benzene rings is 1. The van der Waals surface area contributed by atoms with Gasteiger partial charge in [0.15, 0.2) is 0 Å². The maximum atomic E-state index is 11.7. The van der Waals surface area contributed by atoms with Gasteiger partial charge in [0.05, 0.1) is 9.83 Å². The van der Waals surface area contributed by atoms with E-state index in [0.29, 0.717) is 5.69 Å². The molecular formula is C17H21BrN2O2S. The lowest BCUT2D eigenvalue weighted by Crippen LogP contribution is -2.27. The van der Waals surface area contributed by atoms with E-state index in [0.717, 1.165) is 9.47 Å². The van der Waals surface area contributed by atoms with E-state index in [4.69, 9.17) is 4.74 Å². The molecule has 0 saturated carbocycles. The first-order valence-corrected chi connectivity index (χ1v) is 8.96. The Morgan fingerprint density at radius 3 is 2.26 bits per heavy atom. The molecule has 0 saturated heterocycles. The number of halogens is 1. The summed E-state index contributed by atoms with van der Waals surface area (Å²) in [5.74, 6) is 0. The standard InChI is InChI=1S/C17H21BrN2O2S/c1-11(14-9-10-15(18)23-14)19-12-5-7-13(8-6-12)20-16(21)22-17(2,3)4/h5-11,19H,1-4H3,(H,20,21). The Morgan fingerprint density at radius 1 is 1.13 bits per heavy atom. The number of amides is 1. The maximum absolute atomic E-state index is 11.7. The van der Waals surface area contributed by atoms with Gasteiger partial charge in [-0.05, 0) is 80.0 Å². The normalized spacial score (nSPS) is 12.6. The predicted octanol–water partition coefficient (Wildman–Crippen LogP) is 6.03. The largest absolute Gasteiger partial charge is 0.444 e. The number of carbonyl (C=O) groups is 1. The van der Waals surface area contributed by atoms with Crippen molar-refractivity contribution < 1.29 is 9.53 Å². The zero-order valence-corrected chi connectivity index (χ0v) is 16.0. The SMILES string of the molecule is CC(Nc1ccc(NC(=O)OC(C)(C)C)cc1)c1ccc(Br)s1. The lowest BCUT2D eigenvalue weighted by Gasteiger charge is -2.20. The van der Waals surface area contributed by atoms with E-state index in [1.165, 1.54) is 4.88 Å². The van der Waals surface area contributed by atoms with Crippen LogP contribution in [0, 0.1) is 0 Å². The van der Waals surface area contributed by atoms with Gasteiger partial charge in [0.1, 0.15) is 5.60 Å². The fourth-order valence-electron chi connectivity index (χ4n) is 1.95. The van der Waals surface area contributed by atoms with Gasteiger partial charge in [0, 0.05) is 16.3 Å². The minimum absolute atomic E-state index is 0.218. The molecule has 1 aromatic heterocycles. The molecule has 1 heterocycles. The van der Waals surface area contributed by atoms with Gasteiger partial charge in [-0.15, -0.1) is 11.3 Å². The van der Waals surface area contributed by atoms with Crippen molar-refractivity contribution in [2.75, 3.05) is 10.6 Å². The van der Waals surface area contributed by atoms with Crippen molar-refractivity contribution in [2.45, 2.75) is 39.3 Å². The smallest absolute Gasteiger partial charge is 0.412 e. The van der Waals surface area contributed by atoms with E-state index in [9.17, 15) is 4.79 Å². The predicted molar refractivity (Wildman–Crippen MR) is 100 cm³/mol. The molecule has 1 atom stereocenters. The molecule has 124 valence electrons. The Labute approximate surface area is 149 Å². The van der Waals surface area contributed by atoms with Gasteiger partial charge < -0.3 is 10.1 Å². The van der Waals surface area contributed by atoms with Crippen molar-refractivity contribution in [1.29, 1.82) is 0 Å². The summed E-state index contributed by atoms with van der Waals surface area (Å²) in [6.07, 6.45) is -0.449. The number of anilines is 2. The molecule has 0 aliphatic carbocycles. The first-order valence-electron chi connectivity index (χ1n) is 7.35. The number of carbonyl (C=O) groups excluding carboxylic acids is 1. The topological polar surface area (TPSA) is 50.4 Å². The molecule has 6 heteroatoms. The van der Waals surface area contributed by atoms with Gasteiger partial charge in [0.2, 0.25) is 0 Å². The third-order valence-electron chi connectivity index (χ3n) is 2.93. The van der Waals surface area contributed by atoms with Crippen molar-refractivity contribution in [1.82, 2.24) is 0 Å². The molecule has 0 aliphatic heterocycles. The summed E-state index contributed by atoms with van der Waals surface area (Å²) in [5, 5.41) is 6.16. The summed E-state index contributed by atoms with van der Waals surface area (Å²) in [6.45, 7) is 7.63. The first kappa shape index (κ1) is 17.8. The van der Waals surface area contributed by atoms with Crippen LogP contribution < -0.4 is 10.6 Å². The van der Waals surface area contributed by atoms with E-state index in [1.54, 1.807) is 11.3 Å². The van der Waals surface area contributed by atoms with Crippen molar-refractivity contribution in [3.8, 4) is 0 Å². The highest BCUT2D eigenvalue weighted by Crippen LogP contribution is 2.29. The van der Waals surface area contributed by atoms with Gasteiger partial charge in [-0.25, -0.2) is 4.79 Å². The van der Waals surface area contributed by atoms with Crippen LogP contribution >= 0.6 is 27.3 Å². The molecule has 0 spiro atoms. The number of thiophene rings is 1. The third-order valence-corrected chi connectivity index (χ3v) is 4.74. The molecule has 4 nitrogen and oxygen atoms in total. The summed E-state index contributed by atoms with van der Waals surface area (Å²) in [6, 6.07) is 11.9. The van der Waals surface area contributed by atoms with Gasteiger partial charge in [-0.3, -0.25) is 5.32 Å². The van der Waals surface area contributed by atoms with Crippen LogP contribution in [-0.4, -0.2) is 11.7 Å². The van der Waals surface area contributed by atoms with Gasteiger partial charge in [-0.1, -0.05) is 0 Å². The molecule has 2 rings (SSSR count). The fraction of sp³-hybridized carbons (Fsp3) is 0.353. The zero-order chi connectivity index (χ0) is 17.0. The monoisotopic (exact) mass is 396 g/mol. The van der Waals surface area contributed by atoms with Crippen molar-refractivity contribution >= 4 is 44.7 Å². The van der Waals surface area contributed by atoms with E-state index in [2.05, 4.69) is 39.6 Å². The highest BCUT2D eigenvalue weighted by Gasteiger charge is 2.16. The van der Waals surface area contributed by atoms with E-state index in [-0.39, 0.29) is 6.04 Å². The number of ether oxygens (including phenoxy) is 1. The second-order valence-electron chi connectivity index (χ2n) is 6.21. The van der Waals surface area contributed by atoms with E-state index < -0.39 is 11.7 Å². The maximum Gasteiger partial charge on any atom is 0.412 e. The van der Waals surface area contributed by atoms with Crippen molar-refractivity contribution in [3.63, 3.8) is 0 Å². The summed E-state index contributed by atoms with van der Waals surface area (Å²) in [5.41, 5.74) is 1.20. The van der Waals surface area contributed by atoms with Crippen LogP contribution in [0.4, 0.5) is 16.2 Å². The third kappa shape index (κ3) is 5.88. The zero-order valence-electron chi connectivity index (χ0n) is 13.6. The lowest BCUT2D eigenvalue weighted by molar-refractivity contribution is 0.0636. The molecule has 1 unspecified atom stereocenters. The first-order chi connectivity index (χ1) is 10.7. The second kappa shape index (κ2) is 7.36. The van der Waals surface area contributed by atoms with E-state index >= 15 is 0 Å². The fourth-order valence-corrected chi connectivity index (χ4v) is 3.38. The lowest BCUT2D eigenvalue weighted by atomic mass is 10.2. The number of hydrogen-bond acceptors (Lipinski definition) is 4. The molecule has 1 aromatic carbocycles. The molecule has 0 bridgehead atoms. The van der Waals surface area contributed by atoms with Crippen LogP contribution in [0.3, 0.4) is 0 Å². The second-order valence-corrected chi connectivity index (χ2v) is 8.71.